The molecule has 24 heavy (non-hydrogen) atoms. The van der Waals surface area contributed by atoms with Crippen molar-refractivity contribution < 1.29 is 0 Å². The molecule has 0 spiro atoms. The Balaban J connectivity index is 1.87. The van der Waals surface area contributed by atoms with Crippen molar-refractivity contribution in [1.82, 2.24) is 0 Å². The number of hydrogen-bond donors (Lipinski definition) is 0. The lowest BCUT2D eigenvalue weighted by Crippen LogP contribution is -2.10. The lowest BCUT2D eigenvalue weighted by atomic mass is 9.87. The summed E-state index contributed by atoms with van der Waals surface area (Å²) in [6.45, 7) is 8.80. The molecule has 0 atom stereocenters. The van der Waals surface area contributed by atoms with Gasteiger partial charge in [-0.1, -0.05) is 74.6 Å². The SMILES string of the molecule is Cc1ccc(-c2sccc2C#Cc2ccc(C(C)(C)C)cc2)cc1. The Bertz CT molecular complexity index is 876. The lowest BCUT2D eigenvalue weighted by molar-refractivity contribution is 0.590. The van der Waals surface area contributed by atoms with Crippen LogP contribution in [0, 0.1) is 18.8 Å². The fraction of sp³-hybridized carbons (Fsp3) is 0.217. The van der Waals surface area contributed by atoms with Gasteiger partial charge in [0.2, 0.25) is 0 Å². The summed E-state index contributed by atoms with van der Waals surface area (Å²) in [7, 11) is 0. The molecule has 0 aliphatic carbocycles. The first-order chi connectivity index (χ1) is 11.4. The van der Waals surface area contributed by atoms with Gasteiger partial charge < -0.3 is 0 Å². The van der Waals surface area contributed by atoms with Gasteiger partial charge in [-0.3, -0.25) is 0 Å². The predicted octanol–water partition coefficient (Wildman–Crippen LogP) is 6.42. The molecule has 0 fully saturated rings. The second-order valence-electron chi connectivity index (χ2n) is 7.11. The van der Waals surface area contributed by atoms with Gasteiger partial charge >= 0.3 is 0 Å². The zero-order chi connectivity index (χ0) is 17.2. The van der Waals surface area contributed by atoms with E-state index < -0.39 is 0 Å². The van der Waals surface area contributed by atoms with E-state index in [0.29, 0.717) is 0 Å². The van der Waals surface area contributed by atoms with Crippen molar-refractivity contribution in [2.24, 2.45) is 0 Å². The Kier molecular flexibility index (Phi) is 4.60. The summed E-state index contributed by atoms with van der Waals surface area (Å²) >= 11 is 1.75. The third-order valence-corrected chi connectivity index (χ3v) is 5.03. The second kappa shape index (κ2) is 6.67. The van der Waals surface area contributed by atoms with Gasteiger partial charge in [0.1, 0.15) is 0 Å². The molecule has 3 aromatic rings. The normalized spacial score (nSPS) is 11.0. The summed E-state index contributed by atoms with van der Waals surface area (Å²) in [6.07, 6.45) is 0. The van der Waals surface area contributed by atoms with Gasteiger partial charge in [0.25, 0.3) is 0 Å². The van der Waals surface area contributed by atoms with Crippen LogP contribution in [0.2, 0.25) is 0 Å². The Hall–Kier alpha value is -2.30. The average molecular weight is 330 g/mol. The highest BCUT2D eigenvalue weighted by Gasteiger charge is 2.12. The van der Waals surface area contributed by atoms with E-state index in [-0.39, 0.29) is 5.41 Å². The summed E-state index contributed by atoms with van der Waals surface area (Å²) in [5.41, 5.74) is 6.19. The van der Waals surface area contributed by atoms with Crippen molar-refractivity contribution in [2.75, 3.05) is 0 Å². The maximum Gasteiger partial charge on any atom is 0.0499 e. The van der Waals surface area contributed by atoms with Gasteiger partial charge in [0.05, 0.1) is 0 Å². The van der Waals surface area contributed by atoms with Crippen LogP contribution in [0.5, 0.6) is 0 Å². The maximum atomic E-state index is 3.34. The summed E-state index contributed by atoms with van der Waals surface area (Å²) in [5.74, 6) is 6.65. The summed E-state index contributed by atoms with van der Waals surface area (Å²) in [4.78, 5) is 1.24. The van der Waals surface area contributed by atoms with E-state index in [9.17, 15) is 0 Å². The molecule has 1 heterocycles. The first kappa shape index (κ1) is 16.6. The van der Waals surface area contributed by atoms with Gasteiger partial charge in [-0.05, 0) is 47.0 Å². The molecule has 0 unspecified atom stereocenters. The van der Waals surface area contributed by atoms with Crippen LogP contribution in [-0.2, 0) is 5.41 Å². The highest BCUT2D eigenvalue weighted by molar-refractivity contribution is 7.13. The number of thiophene rings is 1. The van der Waals surface area contributed by atoms with E-state index in [2.05, 4.69) is 99.5 Å². The first-order valence-corrected chi connectivity index (χ1v) is 9.08. The van der Waals surface area contributed by atoms with Crippen molar-refractivity contribution >= 4 is 11.3 Å². The van der Waals surface area contributed by atoms with Crippen LogP contribution in [0.4, 0.5) is 0 Å². The summed E-state index contributed by atoms with van der Waals surface area (Å²) < 4.78 is 0. The minimum atomic E-state index is 0.178. The molecule has 3 rings (SSSR count). The third-order valence-electron chi connectivity index (χ3n) is 4.07. The number of benzene rings is 2. The van der Waals surface area contributed by atoms with Crippen molar-refractivity contribution in [1.29, 1.82) is 0 Å². The van der Waals surface area contributed by atoms with Crippen LogP contribution in [0.3, 0.4) is 0 Å². The summed E-state index contributed by atoms with van der Waals surface area (Å²) in [5, 5.41) is 2.11. The standard InChI is InChI=1S/C23H22S/c1-17-5-10-19(11-6-17)22-20(15-16-24-22)12-7-18-8-13-21(14-9-18)23(2,3)4/h5-6,8-11,13-16H,1-4H3. The van der Waals surface area contributed by atoms with E-state index in [4.69, 9.17) is 0 Å². The van der Waals surface area contributed by atoms with Gasteiger partial charge in [-0.25, -0.2) is 0 Å². The second-order valence-corrected chi connectivity index (χ2v) is 8.02. The fourth-order valence-electron chi connectivity index (χ4n) is 2.53. The Morgan fingerprint density at radius 1 is 0.792 bits per heavy atom. The highest BCUT2D eigenvalue weighted by atomic mass is 32.1. The predicted molar refractivity (Wildman–Crippen MR) is 106 cm³/mol. The zero-order valence-corrected chi connectivity index (χ0v) is 15.5. The molecule has 120 valence electrons. The molecule has 1 aromatic heterocycles. The molecule has 0 aliphatic heterocycles. The minimum absolute atomic E-state index is 0.178. The fourth-order valence-corrected chi connectivity index (χ4v) is 3.39. The molecular weight excluding hydrogens is 308 g/mol. The van der Waals surface area contributed by atoms with Crippen LogP contribution in [0.1, 0.15) is 43.0 Å². The van der Waals surface area contributed by atoms with Crippen LogP contribution in [-0.4, -0.2) is 0 Å². The van der Waals surface area contributed by atoms with Gasteiger partial charge in [0, 0.05) is 16.0 Å². The number of aryl methyl sites for hydroxylation is 1. The molecule has 0 N–H and O–H groups in total. The number of rotatable bonds is 1. The average Bonchev–Trinajstić information content (AvgIpc) is 3.02. The monoisotopic (exact) mass is 330 g/mol. The van der Waals surface area contributed by atoms with E-state index in [0.717, 1.165) is 11.1 Å². The molecule has 2 aromatic carbocycles. The zero-order valence-electron chi connectivity index (χ0n) is 14.7. The molecule has 0 saturated carbocycles. The minimum Gasteiger partial charge on any atom is -0.142 e. The molecular formula is C23H22S. The Labute approximate surface area is 149 Å². The van der Waals surface area contributed by atoms with Crippen molar-refractivity contribution in [3.8, 4) is 22.3 Å². The molecule has 0 nitrogen and oxygen atoms in total. The van der Waals surface area contributed by atoms with Crippen molar-refractivity contribution in [3.63, 3.8) is 0 Å². The molecule has 0 radical (unpaired) electrons. The molecule has 0 bridgehead atoms. The van der Waals surface area contributed by atoms with E-state index >= 15 is 0 Å². The highest BCUT2D eigenvalue weighted by Crippen LogP contribution is 2.29. The summed E-state index contributed by atoms with van der Waals surface area (Å²) in [6, 6.07) is 19.3. The maximum absolute atomic E-state index is 3.34. The molecule has 0 saturated heterocycles. The number of hydrogen-bond acceptors (Lipinski definition) is 1. The smallest absolute Gasteiger partial charge is 0.0499 e. The molecule has 1 heteroatoms. The largest absolute Gasteiger partial charge is 0.142 e. The van der Waals surface area contributed by atoms with E-state index in [1.807, 2.05) is 0 Å². The van der Waals surface area contributed by atoms with E-state index in [1.54, 1.807) is 11.3 Å². The molecule has 0 amide bonds. The Morgan fingerprint density at radius 2 is 1.46 bits per heavy atom. The van der Waals surface area contributed by atoms with E-state index in [1.165, 1.54) is 21.6 Å². The molecule has 0 aliphatic rings. The van der Waals surface area contributed by atoms with Crippen LogP contribution in [0.25, 0.3) is 10.4 Å². The van der Waals surface area contributed by atoms with Crippen LogP contribution < -0.4 is 0 Å². The lowest BCUT2D eigenvalue weighted by Gasteiger charge is -2.18. The van der Waals surface area contributed by atoms with Gasteiger partial charge in [-0.15, -0.1) is 11.3 Å². The Morgan fingerprint density at radius 3 is 2.08 bits per heavy atom. The van der Waals surface area contributed by atoms with Crippen molar-refractivity contribution in [3.05, 3.63) is 82.2 Å². The van der Waals surface area contributed by atoms with Crippen molar-refractivity contribution in [2.45, 2.75) is 33.1 Å². The van der Waals surface area contributed by atoms with Crippen LogP contribution in [0.15, 0.2) is 60.0 Å². The van der Waals surface area contributed by atoms with Gasteiger partial charge in [0.15, 0.2) is 0 Å². The topological polar surface area (TPSA) is 0 Å². The van der Waals surface area contributed by atoms with Crippen LogP contribution >= 0.6 is 11.3 Å². The first-order valence-electron chi connectivity index (χ1n) is 8.20. The third kappa shape index (κ3) is 3.78. The van der Waals surface area contributed by atoms with Gasteiger partial charge in [-0.2, -0.15) is 0 Å². The quantitative estimate of drug-likeness (QED) is 0.452.